The van der Waals surface area contributed by atoms with Crippen molar-refractivity contribution in [1.82, 2.24) is 5.32 Å². The predicted octanol–water partition coefficient (Wildman–Crippen LogP) is 2.95. The average molecular weight is 313 g/mol. The Bertz CT molecular complexity index is 497. The van der Waals surface area contributed by atoms with Gasteiger partial charge in [0.05, 0.1) is 12.4 Å². The SMILES string of the molecule is CCCNC(CS(=O)(=O)CCC)c1ccc(OCC)cc1. The van der Waals surface area contributed by atoms with E-state index in [0.717, 1.165) is 24.3 Å². The number of rotatable bonds is 10. The van der Waals surface area contributed by atoms with Crippen LogP contribution in [0.5, 0.6) is 5.75 Å². The van der Waals surface area contributed by atoms with Crippen LogP contribution in [0.1, 0.15) is 45.2 Å². The molecule has 0 radical (unpaired) electrons. The van der Waals surface area contributed by atoms with E-state index in [1.165, 1.54) is 0 Å². The van der Waals surface area contributed by atoms with Gasteiger partial charge in [-0.2, -0.15) is 0 Å². The lowest BCUT2D eigenvalue weighted by Gasteiger charge is -2.19. The molecule has 4 nitrogen and oxygen atoms in total. The van der Waals surface area contributed by atoms with Crippen LogP contribution in [0, 0.1) is 0 Å². The first-order valence-electron chi connectivity index (χ1n) is 7.69. The molecule has 5 heteroatoms. The molecule has 0 heterocycles. The summed E-state index contributed by atoms with van der Waals surface area (Å²) in [4.78, 5) is 0. The molecule has 1 N–H and O–H groups in total. The van der Waals surface area contributed by atoms with E-state index in [1.807, 2.05) is 38.1 Å². The Morgan fingerprint density at radius 1 is 1.10 bits per heavy atom. The van der Waals surface area contributed by atoms with E-state index in [-0.39, 0.29) is 17.5 Å². The van der Waals surface area contributed by atoms with Crippen molar-refractivity contribution in [3.05, 3.63) is 29.8 Å². The lowest BCUT2D eigenvalue weighted by Crippen LogP contribution is -2.29. The standard InChI is InChI=1S/C16H27NO3S/c1-4-11-17-16(13-21(18,19)12-5-2)14-7-9-15(10-8-14)20-6-3/h7-10,16-17H,4-6,11-13H2,1-3H3. The van der Waals surface area contributed by atoms with Crippen molar-refractivity contribution in [3.63, 3.8) is 0 Å². The van der Waals surface area contributed by atoms with Crippen molar-refractivity contribution in [2.75, 3.05) is 24.7 Å². The molecule has 21 heavy (non-hydrogen) atoms. The molecule has 1 aromatic rings. The number of nitrogens with one attached hydrogen (secondary N) is 1. The molecule has 0 aliphatic carbocycles. The van der Waals surface area contributed by atoms with Gasteiger partial charge in [-0.05, 0) is 44.0 Å². The molecule has 1 aromatic carbocycles. The van der Waals surface area contributed by atoms with Crippen molar-refractivity contribution in [2.45, 2.75) is 39.7 Å². The first kappa shape index (κ1) is 18.0. The largest absolute Gasteiger partial charge is 0.494 e. The summed E-state index contributed by atoms with van der Waals surface area (Å²) in [7, 11) is -3.02. The summed E-state index contributed by atoms with van der Waals surface area (Å²) in [6, 6.07) is 7.52. The first-order chi connectivity index (χ1) is 10.0. The third kappa shape index (κ3) is 6.48. The molecular formula is C16H27NO3S. The predicted molar refractivity (Wildman–Crippen MR) is 87.6 cm³/mol. The highest BCUT2D eigenvalue weighted by molar-refractivity contribution is 7.91. The minimum atomic E-state index is -3.02. The Morgan fingerprint density at radius 2 is 1.76 bits per heavy atom. The quantitative estimate of drug-likeness (QED) is 0.721. The summed E-state index contributed by atoms with van der Waals surface area (Å²) in [6.45, 7) is 7.34. The summed E-state index contributed by atoms with van der Waals surface area (Å²) >= 11 is 0. The third-order valence-electron chi connectivity index (χ3n) is 3.17. The zero-order valence-electron chi connectivity index (χ0n) is 13.3. The van der Waals surface area contributed by atoms with Crippen LogP contribution in [0.2, 0.25) is 0 Å². The maximum absolute atomic E-state index is 12.1. The second kappa shape index (κ2) is 9.05. The molecule has 0 saturated heterocycles. The maximum Gasteiger partial charge on any atom is 0.152 e. The molecule has 1 unspecified atom stereocenters. The summed E-state index contributed by atoms with van der Waals surface area (Å²) < 4.78 is 29.6. The smallest absolute Gasteiger partial charge is 0.152 e. The average Bonchev–Trinajstić information content (AvgIpc) is 2.44. The highest BCUT2D eigenvalue weighted by atomic mass is 32.2. The van der Waals surface area contributed by atoms with Gasteiger partial charge in [0.25, 0.3) is 0 Å². The number of benzene rings is 1. The zero-order valence-corrected chi connectivity index (χ0v) is 14.1. The van der Waals surface area contributed by atoms with Crippen molar-refractivity contribution in [1.29, 1.82) is 0 Å². The molecule has 120 valence electrons. The van der Waals surface area contributed by atoms with Crippen LogP contribution in [0.4, 0.5) is 0 Å². The van der Waals surface area contributed by atoms with E-state index >= 15 is 0 Å². The normalized spacial score (nSPS) is 13.1. The molecule has 0 aromatic heterocycles. The van der Waals surface area contributed by atoms with E-state index in [4.69, 9.17) is 4.74 Å². The topological polar surface area (TPSA) is 55.4 Å². The molecule has 0 amide bonds. The Balaban J connectivity index is 2.85. The number of sulfone groups is 1. The Labute approximate surface area is 128 Å². The lowest BCUT2D eigenvalue weighted by atomic mass is 10.1. The molecule has 0 aliphatic heterocycles. The van der Waals surface area contributed by atoms with Gasteiger partial charge in [0.15, 0.2) is 9.84 Å². The molecule has 0 saturated carbocycles. The summed E-state index contributed by atoms with van der Waals surface area (Å²) in [5.41, 5.74) is 0.992. The van der Waals surface area contributed by atoms with Gasteiger partial charge in [-0.25, -0.2) is 8.42 Å². The van der Waals surface area contributed by atoms with Gasteiger partial charge < -0.3 is 10.1 Å². The van der Waals surface area contributed by atoms with Crippen LogP contribution < -0.4 is 10.1 Å². The summed E-state index contributed by atoms with van der Waals surface area (Å²) in [5, 5.41) is 3.33. The first-order valence-corrected chi connectivity index (χ1v) is 9.51. The fourth-order valence-electron chi connectivity index (χ4n) is 2.20. The van der Waals surface area contributed by atoms with Crippen LogP contribution in [0.25, 0.3) is 0 Å². The van der Waals surface area contributed by atoms with Crippen molar-refractivity contribution in [3.8, 4) is 5.75 Å². The van der Waals surface area contributed by atoms with Crippen LogP contribution in [0.3, 0.4) is 0 Å². The second-order valence-corrected chi connectivity index (χ2v) is 7.35. The molecule has 0 spiro atoms. The Hall–Kier alpha value is -1.07. The van der Waals surface area contributed by atoms with Crippen molar-refractivity contribution < 1.29 is 13.2 Å². The van der Waals surface area contributed by atoms with E-state index in [9.17, 15) is 8.42 Å². The summed E-state index contributed by atoms with van der Waals surface area (Å²) in [5.74, 6) is 1.20. The van der Waals surface area contributed by atoms with Crippen LogP contribution in [-0.4, -0.2) is 33.1 Å². The van der Waals surface area contributed by atoms with E-state index in [2.05, 4.69) is 12.2 Å². The van der Waals surface area contributed by atoms with Gasteiger partial charge >= 0.3 is 0 Å². The fourth-order valence-corrected chi connectivity index (χ4v) is 3.81. The van der Waals surface area contributed by atoms with Crippen LogP contribution in [0.15, 0.2) is 24.3 Å². The van der Waals surface area contributed by atoms with Crippen LogP contribution in [-0.2, 0) is 9.84 Å². The highest BCUT2D eigenvalue weighted by Gasteiger charge is 2.19. The van der Waals surface area contributed by atoms with E-state index in [1.54, 1.807) is 0 Å². The molecule has 1 rings (SSSR count). The van der Waals surface area contributed by atoms with Crippen molar-refractivity contribution >= 4 is 9.84 Å². The van der Waals surface area contributed by atoms with Gasteiger partial charge in [0, 0.05) is 11.8 Å². The summed E-state index contributed by atoms with van der Waals surface area (Å²) in [6.07, 6.45) is 1.63. The molecule has 0 fully saturated rings. The molecule has 0 aliphatic rings. The van der Waals surface area contributed by atoms with Gasteiger partial charge in [-0.15, -0.1) is 0 Å². The van der Waals surface area contributed by atoms with E-state index in [0.29, 0.717) is 13.0 Å². The minimum absolute atomic E-state index is 0.148. The van der Waals surface area contributed by atoms with Crippen molar-refractivity contribution in [2.24, 2.45) is 0 Å². The minimum Gasteiger partial charge on any atom is -0.494 e. The van der Waals surface area contributed by atoms with Gasteiger partial charge in [0.1, 0.15) is 5.75 Å². The Kier molecular flexibility index (Phi) is 7.75. The number of ether oxygens (including phenoxy) is 1. The lowest BCUT2D eigenvalue weighted by molar-refractivity contribution is 0.340. The maximum atomic E-state index is 12.1. The molecule has 0 bridgehead atoms. The second-order valence-electron chi connectivity index (χ2n) is 5.12. The molecule has 1 atom stereocenters. The monoisotopic (exact) mass is 313 g/mol. The number of hydrogen-bond acceptors (Lipinski definition) is 4. The highest BCUT2D eigenvalue weighted by Crippen LogP contribution is 2.20. The molecular weight excluding hydrogens is 286 g/mol. The number of hydrogen-bond donors (Lipinski definition) is 1. The van der Waals surface area contributed by atoms with Gasteiger partial charge in [0.2, 0.25) is 0 Å². The zero-order chi connectivity index (χ0) is 15.7. The fraction of sp³-hybridized carbons (Fsp3) is 0.625. The Morgan fingerprint density at radius 3 is 2.29 bits per heavy atom. The van der Waals surface area contributed by atoms with Gasteiger partial charge in [-0.3, -0.25) is 0 Å². The van der Waals surface area contributed by atoms with E-state index < -0.39 is 9.84 Å². The van der Waals surface area contributed by atoms with Crippen LogP contribution >= 0.6 is 0 Å². The third-order valence-corrected chi connectivity index (χ3v) is 5.04. The van der Waals surface area contributed by atoms with Gasteiger partial charge in [-0.1, -0.05) is 26.0 Å².